The number of nitrogens with zero attached hydrogens (tertiary/aromatic N) is 1. The molecule has 0 fully saturated rings. The lowest BCUT2D eigenvalue weighted by atomic mass is 10.1. The van der Waals surface area contributed by atoms with E-state index in [0.29, 0.717) is 0 Å². The minimum atomic E-state index is -0.681. The first-order valence-corrected chi connectivity index (χ1v) is 10.5. The molecule has 0 saturated heterocycles. The Morgan fingerprint density at radius 3 is 1.38 bits per heavy atom. The van der Waals surface area contributed by atoms with Gasteiger partial charge in [0.2, 0.25) is 0 Å². The SMILES string of the molecule is Cc1ccnc(P(c2c(C)cc(C)cc2C)c2c(C)cc(C)cc2C)c1. The van der Waals surface area contributed by atoms with Gasteiger partial charge in [0.05, 0.1) is 5.44 Å². The van der Waals surface area contributed by atoms with E-state index in [1.165, 1.54) is 55.0 Å². The molecule has 3 aromatic rings. The summed E-state index contributed by atoms with van der Waals surface area (Å²) in [4.78, 5) is 4.83. The van der Waals surface area contributed by atoms with E-state index in [2.05, 4.69) is 84.9 Å². The van der Waals surface area contributed by atoms with Crippen LogP contribution in [0.4, 0.5) is 0 Å². The zero-order valence-electron chi connectivity index (χ0n) is 16.9. The Bertz CT molecular complexity index is 868. The highest BCUT2D eigenvalue weighted by Gasteiger charge is 2.25. The molecule has 0 aliphatic heterocycles. The summed E-state index contributed by atoms with van der Waals surface area (Å²) in [5.74, 6) is 0. The number of benzene rings is 2. The van der Waals surface area contributed by atoms with Crippen molar-refractivity contribution in [2.75, 3.05) is 0 Å². The van der Waals surface area contributed by atoms with Gasteiger partial charge in [-0.25, -0.2) is 0 Å². The fourth-order valence-electron chi connectivity index (χ4n) is 4.03. The Kier molecular flexibility index (Phi) is 5.30. The second-order valence-corrected chi connectivity index (χ2v) is 9.54. The molecule has 0 radical (unpaired) electrons. The number of pyridine rings is 1. The van der Waals surface area contributed by atoms with Crippen molar-refractivity contribution in [3.8, 4) is 0 Å². The largest absolute Gasteiger partial charge is 0.256 e. The van der Waals surface area contributed by atoms with Crippen LogP contribution in [0.15, 0.2) is 42.6 Å². The summed E-state index contributed by atoms with van der Waals surface area (Å²) in [5.41, 5.74) is 10.6. The summed E-state index contributed by atoms with van der Waals surface area (Å²) in [6.45, 7) is 15.5. The van der Waals surface area contributed by atoms with Crippen LogP contribution in [0.5, 0.6) is 0 Å². The quantitative estimate of drug-likeness (QED) is 0.598. The number of aromatic nitrogens is 1. The molecule has 0 unspecified atom stereocenters. The molecule has 0 N–H and O–H groups in total. The van der Waals surface area contributed by atoms with Gasteiger partial charge in [-0.15, -0.1) is 0 Å². The zero-order chi connectivity index (χ0) is 19.0. The first-order valence-electron chi connectivity index (χ1n) is 9.16. The molecule has 0 aliphatic carbocycles. The van der Waals surface area contributed by atoms with E-state index >= 15 is 0 Å². The first kappa shape index (κ1) is 18.8. The highest BCUT2D eigenvalue weighted by atomic mass is 31.1. The highest BCUT2D eigenvalue weighted by molar-refractivity contribution is 7.80. The summed E-state index contributed by atoms with van der Waals surface area (Å²) in [7, 11) is -0.681. The Morgan fingerprint density at radius 2 is 1.00 bits per heavy atom. The van der Waals surface area contributed by atoms with E-state index < -0.39 is 7.92 Å². The van der Waals surface area contributed by atoms with Gasteiger partial charge in [0.25, 0.3) is 0 Å². The average Bonchev–Trinajstić information content (AvgIpc) is 2.51. The second kappa shape index (κ2) is 7.33. The number of rotatable bonds is 3. The minimum absolute atomic E-state index is 0.681. The van der Waals surface area contributed by atoms with E-state index in [9.17, 15) is 0 Å². The van der Waals surface area contributed by atoms with Crippen LogP contribution in [0.2, 0.25) is 0 Å². The second-order valence-electron chi connectivity index (χ2n) is 7.52. The zero-order valence-corrected chi connectivity index (χ0v) is 17.8. The normalized spacial score (nSPS) is 11.2. The van der Waals surface area contributed by atoms with Gasteiger partial charge in [-0.1, -0.05) is 35.4 Å². The smallest absolute Gasteiger partial charge is 0.0723 e. The van der Waals surface area contributed by atoms with Crippen LogP contribution in [0, 0.1) is 48.5 Å². The number of hydrogen-bond donors (Lipinski definition) is 0. The summed E-state index contributed by atoms with van der Waals surface area (Å²) in [6, 6.07) is 13.6. The molecule has 0 amide bonds. The molecule has 134 valence electrons. The molecule has 2 aromatic carbocycles. The molecule has 0 bridgehead atoms. The number of aryl methyl sites for hydroxylation is 7. The van der Waals surface area contributed by atoms with Crippen molar-refractivity contribution >= 4 is 24.0 Å². The molecule has 1 nitrogen and oxygen atoms in total. The molecule has 26 heavy (non-hydrogen) atoms. The van der Waals surface area contributed by atoms with Gasteiger partial charge in [-0.2, -0.15) is 0 Å². The van der Waals surface area contributed by atoms with Crippen LogP contribution in [0.1, 0.15) is 38.9 Å². The first-order chi connectivity index (χ1) is 12.3. The van der Waals surface area contributed by atoms with Crippen molar-refractivity contribution in [3.05, 3.63) is 81.5 Å². The Balaban J connectivity index is 2.36. The molecule has 0 atom stereocenters. The highest BCUT2D eigenvalue weighted by Crippen LogP contribution is 2.38. The van der Waals surface area contributed by atoms with Crippen molar-refractivity contribution in [1.82, 2.24) is 4.98 Å². The van der Waals surface area contributed by atoms with E-state index in [1.807, 2.05) is 6.20 Å². The van der Waals surface area contributed by atoms with Crippen molar-refractivity contribution in [2.24, 2.45) is 0 Å². The van der Waals surface area contributed by atoms with Gasteiger partial charge in [-0.05, 0) is 99.0 Å². The van der Waals surface area contributed by atoms with Gasteiger partial charge in [-0.3, -0.25) is 4.98 Å². The van der Waals surface area contributed by atoms with E-state index in [4.69, 9.17) is 4.98 Å². The van der Waals surface area contributed by atoms with Crippen LogP contribution in [-0.2, 0) is 0 Å². The molecule has 0 saturated carbocycles. The summed E-state index contributed by atoms with van der Waals surface area (Å²) < 4.78 is 0. The summed E-state index contributed by atoms with van der Waals surface area (Å²) >= 11 is 0. The van der Waals surface area contributed by atoms with Crippen molar-refractivity contribution in [1.29, 1.82) is 0 Å². The lowest BCUT2D eigenvalue weighted by Crippen LogP contribution is -2.29. The molecular weight excluding hydrogens is 333 g/mol. The third-order valence-electron chi connectivity index (χ3n) is 4.85. The van der Waals surface area contributed by atoms with Gasteiger partial charge in [0.15, 0.2) is 0 Å². The maximum atomic E-state index is 4.83. The molecule has 0 spiro atoms. The van der Waals surface area contributed by atoms with Crippen LogP contribution in [-0.4, -0.2) is 4.98 Å². The molecule has 2 heteroatoms. The third kappa shape index (κ3) is 3.60. The van der Waals surface area contributed by atoms with Crippen molar-refractivity contribution in [3.63, 3.8) is 0 Å². The maximum absolute atomic E-state index is 4.83. The predicted molar refractivity (Wildman–Crippen MR) is 116 cm³/mol. The summed E-state index contributed by atoms with van der Waals surface area (Å²) in [5, 5.41) is 2.91. The fraction of sp³-hybridized carbons (Fsp3) is 0.292. The third-order valence-corrected chi connectivity index (χ3v) is 7.86. The van der Waals surface area contributed by atoms with E-state index in [-0.39, 0.29) is 0 Å². The monoisotopic (exact) mass is 361 g/mol. The standard InChI is InChI=1S/C24H28NP/c1-15-8-9-25-22(14-15)26(23-18(4)10-16(2)11-19(23)5)24-20(6)12-17(3)13-21(24)7/h8-14H,1-7H3. The Morgan fingerprint density at radius 1 is 0.577 bits per heavy atom. The van der Waals surface area contributed by atoms with Crippen molar-refractivity contribution < 1.29 is 0 Å². The van der Waals surface area contributed by atoms with Crippen molar-refractivity contribution in [2.45, 2.75) is 48.5 Å². The lowest BCUT2D eigenvalue weighted by molar-refractivity contribution is 1.32. The van der Waals surface area contributed by atoms with E-state index in [1.54, 1.807) is 0 Å². The van der Waals surface area contributed by atoms with E-state index in [0.717, 1.165) is 0 Å². The molecular formula is C24H28NP. The average molecular weight is 361 g/mol. The Hall–Kier alpha value is -1.98. The van der Waals surface area contributed by atoms with Gasteiger partial charge in [0, 0.05) is 14.1 Å². The molecule has 0 aliphatic rings. The lowest BCUT2D eigenvalue weighted by Gasteiger charge is -2.26. The predicted octanol–water partition coefficient (Wildman–Crippen LogP) is 5.00. The minimum Gasteiger partial charge on any atom is -0.256 e. The van der Waals surface area contributed by atoms with Gasteiger partial charge < -0.3 is 0 Å². The van der Waals surface area contributed by atoms with Crippen LogP contribution in [0.3, 0.4) is 0 Å². The number of hydrogen-bond acceptors (Lipinski definition) is 1. The molecule has 1 aromatic heterocycles. The van der Waals surface area contributed by atoms with Gasteiger partial charge in [0.1, 0.15) is 0 Å². The van der Waals surface area contributed by atoms with Crippen LogP contribution >= 0.6 is 7.92 Å². The van der Waals surface area contributed by atoms with Gasteiger partial charge >= 0.3 is 0 Å². The Labute approximate surface area is 159 Å². The fourth-order valence-corrected chi connectivity index (χ4v) is 6.90. The van der Waals surface area contributed by atoms with Crippen LogP contribution < -0.4 is 16.0 Å². The topological polar surface area (TPSA) is 12.9 Å². The maximum Gasteiger partial charge on any atom is 0.0723 e. The van der Waals surface area contributed by atoms with Crippen LogP contribution in [0.25, 0.3) is 0 Å². The molecule has 3 rings (SSSR count). The summed E-state index contributed by atoms with van der Waals surface area (Å²) in [6.07, 6.45) is 1.96. The molecule has 1 heterocycles.